The maximum Gasteiger partial charge on any atom is 0.338 e. The summed E-state index contributed by atoms with van der Waals surface area (Å²) in [6.45, 7) is 7.61. The van der Waals surface area contributed by atoms with Crippen LogP contribution < -0.4 is 4.31 Å². The number of aromatic nitrogens is 1. The van der Waals surface area contributed by atoms with Gasteiger partial charge in [-0.3, -0.25) is 9.10 Å². The topological polar surface area (TPSA) is 85.7 Å². The van der Waals surface area contributed by atoms with E-state index in [1.54, 1.807) is 42.5 Å². The minimum atomic E-state index is -3.79. The Bertz CT molecular complexity index is 1280. The summed E-state index contributed by atoms with van der Waals surface area (Å²) in [6, 6.07) is 15.9. The standard InChI is InChI=1S/C25H26N2O5S/c1-5-15-27-18(2)16-23(19(27)3)24(28)17-32-25(29)20-11-13-22(14-12-20)33(30,31)26(4)21-9-7-6-8-10-21/h5-14,16H,1,15,17H2,2-4H3. The second-order valence-corrected chi connectivity index (χ2v) is 9.49. The third kappa shape index (κ3) is 5.06. The van der Waals surface area contributed by atoms with E-state index in [-0.39, 0.29) is 16.2 Å². The van der Waals surface area contributed by atoms with Gasteiger partial charge in [0.25, 0.3) is 10.0 Å². The maximum absolute atomic E-state index is 12.9. The Kier molecular flexibility index (Phi) is 7.18. The molecule has 0 fully saturated rings. The summed E-state index contributed by atoms with van der Waals surface area (Å²) in [5.74, 6) is -1.01. The van der Waals surface area contributed by atoms with Crippen LogP contribution in [0, 0.1) is 13.8 Å². The maximum atomic E-state index is 12.9. The molecule has 0 radical (unpaired) electrons. The molecule has 1 aromatic heterocycles. The lowest BCUT2D eigenvalue weighted by atomic mass is 10.1. The molecule has 0 spiro atoms. The third-order valence-electron chi connectivity index (χ3n) is 5.39. The molecule has 0 bridgehead atoms. The number of ketones is 1. The molecular formula is C25H26N2O5S. The number of sulfonamides is 1. The second-order valence-electron chi connectivity index (χ2n) is 7.52. The number of allylic oxidation sites excluding steroid dienone is 1. The molecule has 0 saturated heterocycles. The first-order chi connectivity index (χ1) is 15.7. The lowest BCUT2D eigenvalue weighted by molar-refractivity contribution is 0.0474. The van der Waals surface area contributed by atoms with E-state index in [1.165, 1.54) is 35.6 Å². The van der Waals surface area contributed by atoms with Crippen LogP contribution in [0.4, 0.5) is 5.69 Å². The number of para-hydroxylation sites is 1. The average molecular weight is 467 g/mol. The summed E-state index contributed by atoms with van der Waals surface area (Å²) < 4.78 is 34.0. The van der Waals surface area contributed by atoms with E-state index in [2.05, 4.69) is 6.58 Å². The Morgan fingerprint density at radius 2 is 1.70 bits per heavy atom. The molecule has 1 heterocycles. The predicted molar refractivity (Wildman–Crippen MR) is 127 cm³/mol. The number of hydrogen-bond acceptors (Lipinski definition) is 5. The number of hydrogen-bond donors (Lipinski definition) is 0. The molecule has 0 atom stereocenters. The zero-order chi connectivity index (χ0) is 24.2. The number of Topliss-reactive ketones (excluding diaryl/α,β-unsaturated/α-hetero) is 1. The minimum Gasteiger partial charge on any atom is -0.454 e. The SMILES string of the molecule is C=CCn1c(C)cc(C(=O)COC(=O)c2ccc(S(=O)(=O)N(C)c3ccccc3)cc2)c1C. The van der Waals surface area contributed by atoms with E-state index in [0.717, 1.165) is 11.4 Å². The largest absolute Gasteiger partial charge is 0.454 e. The summed E-state index contributed by atoms with van der Waals surface area (Å²) in [6.07, 6.45) is 1.75. The molecule has 2 aromatic carbocycles. The van der Waals surface area contributed by atoms with Crippen LogP contribution in [0.2, 0.25) is 0 Å². The molecule has 0 N–H and O–H groups in total. The van der Waals surface area contributed by atoms with Gasteiger partial charge in [-0.1, -0.05) is 24.3 Å². The summed E-state index contributed by atoms with van der Waals surface area (Å²) in [5, 5.41) is 0. The highest BCUT2D eigenvalue weighted by Crippen LogP contribution is 2.22. The second kappa shape index (κ2) is 9.87. The molecule has 172 valence electrons. The number of nitrogens with zero attached hydrogens (tertiary/aromatic N) is 2. The fraction of sp³-hybridized carbons (Fsp3) is 0.200. The van der Waals surface area contributed by atoms with E-state index < -0.39 is 22.6 Å². The van der Waals surface area contributed by atoms with Gasteiger partial charge in [0.1, 0.15) is 0 Å². The predicted octanol–water partition coefficient (Wildman–Crippen LogP) is 4.16. The van der Waals surface area contributed by atoms with Gasteiger partial charge in [-0.05, 0) is 56.3 Å². The van der Waals surface area contributed by atoms with Crippen LogP contribution >= 0.6 is 0 Å². The zero-order valence-corrected chi connectivity index (χ0v) is 19.6. The highest BCUT2D eigenvalue weighted by Gasteiger charge is 2.22. The van der Waals surface area contributed by atoms with Gasteiger partial charge in [-0.2, -0.15) is 0 Å². The Balaban J connectivity index is 1.68. The molecule has 0 unspecified atom stereocenters. The minimum absolute atomic E-state index is 0.0381. The number of benzene rings is 2. The molecule has 3 rings (SSSR count). The Hall–Kier alpha value is -3.65. The molecule has 0 amide bonds. The summed E-state index contributed by atoms with van der Waals surface area (Å²) in [5.41, 5.74) is 2.87. The molecule has 3 aromatic rings. The summed E-state index contributed by atoms with van der Waals surface area (Å²) in [4.78, 5) is 25.0. The van der Waals surface area contributed by atoms with Crippen molar-refractivity contribution in [3.05, 3.63) is 95.8 Å². The number of carbonyl (C=O) groups is 2. The highest BCUT2D eigenvalue weighted by molar-refractivity contribution is 7.92. The van der Waals surface area contributed by atoms with Crippen molar-refractivity contribution in [2.24, 2.45) is 0 Å². The van der Waals surface area contributed by atoms with Crippen molar-refractivity contribution < 1.29 is 22.7 Å². The first-order valence-electron chi connectivity index (χ1n) is 10.3. The summed E-state index contributed by atoms with van der Waals surface area (Å²) in [7, 11) is -2.33. The third-order valence-corrected chi connectivity index (χ3v) is 7.19. The van der Waals surface area contributed by atoms with Gasteiger partial charge in [0.15, 0.2) is 6.61 Å². The van der Waals surface area contributed by atoms with Crippen LogP contribution in [0.25, 0.3) is 0 Å². The average Bonchev–Trinajstić information content (AvgIpc) is 3.11. The van der Waals surface area contributed by atoms with E-state index in [0.29, 0.717) is 17.8 Å². The number of anilines is 1. The fourth-order valence-electron chi connectivity index (χ4n) is 3.48. The molecule has 7 nitrogen and oxygen atoms in total. The van der Waals surface area contributed by atoms with Gasteiger partial charge >= 0.3 is 5.97 Å². The van der Waals surface area contributed by atoms with Gasteiger partial charge in [0.2, 0.25) is 5.78 Å². The molecule has 0 aliphatic heterocycles. The zero-order valence-electron chi connectivity index (χ0n) is 18.8. The molecule has 0 aliphatic carbocycles. The molecule has 0 aliphatic rings. The number of ether oxygens (including phenoxy) is 1. The van der Waals surface area contributed by atoms with Gasteiger partial charge < -0.3 is 9.30 Å². The number of esters is 1. The molecule has 0 saturated carbocycles. The van der Waals surface area contributed by atoms with Crippen LogP contribution in [-0.2, 0) is 21.3 Å². The highest BCUT2D eigenvalue weighted by atomic mass is 32.2. The lowest BCUT2D eigenvalue weighted by Crippen LogP contribution is -2.26. The number of aryl methyl sites for hydroxylation is 1. The van der Waals surface area contributed by atoms with Crippen molar-refractivity contribution in [2.75, 3.05) is 18.0 Å². The van der Waals surface area contributed by atoms with E-state index in [4.69, 9.17) is 4.74 Å². The monoisotopic (exact) mass is 466 g/mol. The van der Waals surface area contributed by atoms with Crippen molar-refractivity contribution in [2.45, 2.75) is 25.3 Å². The van der Waals surface area contributed by atoms with Crippen LogP contribution in [0.1, 0.15) is 32.1 Å². The quantitative estimate of drug-likeness (QED) is 0.269. The van der Waals surface area contributed by atoms with Crippen LogP contribution in [-0.4, -0.2) is 38.4 Å². The van der Waals surface area contributed by atoms with Crippen molar-refractivity contribution in [1.29, 1.82) is 0 Å². The lowest BCUT2D eigenvalue weighted by Gasteiger charge is -2.19. The van der Waals surface area contributed by atoms with E-state index in [9.17, 15) is 18.0 Å². The Labute approximate surface area is 194 Å². The molecule has 33 heavy (non-hydrogen) atoms. The van der Waals surface area contributed by atoms with Crippen molar-refractivity contribution in [3.8, 4) is 0 Å². The first-order valence-corrected chi connectivity index (χ1v) is 11.7. The van der Waals surface area contributed by atoms with Crippen LogP contribution in [0.3, 0.4) is 0 Å². The normalized spacial score (nSPS) is 11.1. The molecule has 8 heteroatoms. The van der Waals surface area contributed by atoms with Gasteiger partial charge in [0.05, 0.1) is 16.1 Å². The molecular weight excluding hydrogens is 440 g/mol. The van der Waals surface area contributed by atoms with Crippen LogP contribution in [0.15, 0.2) is 78.2 Å². The Morgan fingerprint density at radius 1 is 1.06 bits per heavy atom. The van der Waals surface area contributed by atoms with Crippen molar-refractivity contribution >= 4 is 27.5 Å². The van der Waals surface area contributed by atoms with Crippen molar-refractivity contribution in [3.63, 3.8) is 0 Å². The van der Waals surface area contributed by atoms with Gasteiger partial charge in [-0.15, -0.1) is 6.58 Å². The van der Waals surface area contributed by atoms with E-state index in [1.807, 2.05) is 18.4 Å². The number of carbonyl (C=O) groups excluding carboxylic acids is 2. The summed E-state index contributed by atoms with van der Waals surface area (Å²) >= 11 is 0. The smallest absolute Gasteiger partial charge is 0.338 e. The van der Waals surface area contributed by atoms with E-state index >= 15 is 0 Å². The van der Waals surface area contributed by atoms with Crippen LogP contribution in [0.5, 0.6) is 0 Å². The fourth-order valence-corrected chi connectivity index (χ4v) is 4.68. The van der Waals surface area contributed by atoms with Crippen molar-refractivity contribution in [1.82, 2.24) is 4.57 Å². The van der Waals surface area contributed by atoms with Gasteiger partial charge in [-0.25, -0.2) is 13.2 Å². The first kappa shape index (κ1) is 24.0. The Morgan fingerprint density at radius 3 is 2.30 bits per heavy atom. The van der Waals surface area contributed by atoms with Gasteiger partial charge in [0, 0.05) is 30.5 Å². The number of rotatable bonds is 9.